The first-order chi connectivity index (χ1) is 41.7. The van der Waals surface area contributed by atoms with Crippen molar-refractivity contribution in [2.24, 2.45) is 0 Å². The Kier molecular flexibility index (Phi) is 9.26. The number of fused-ring (bicyclic) bond motifs is 14. The summed E-state index contributed by atoms with van der Waals surface area (Å²) in [6.07, 6.45) is 0. The molecule has 4 aromatic heterocycles. The molecule has 4 nitrogen and oxygen atoms in total. The van der Waals surface area contributed by atoms with Crippen molar-refractivity contribution in [3.8, 4) is 73.1 Å². The van der Waals surface area contributed by atoms with Crippen molar-refractivity contribution in [2.45, 2.75) is 0 Å². The summed E-state index contributed by atoms with van der Waals surface area (Å²) >= 11 is 3.48. The van der Waals surface area contributed by atoms with Crippen LogP contribution in [0, 0.1) is 17.9 Å². The number of rotatable bonds is 7. The van der Waals surface area contributed by atoms with Gasteiger partial charge >= 0.3 is 0 Å². The average Bonchev–Trinajstić information content (AvgIpc) is 1.56. The Hall–Kier alpha value is -10.3. The molecule has 0 unspecified atom stereocenters. The zero-order valence-electron chi connectivity index (χ0n) is 47.5. The maximum absolute atomic E-state index is 12.6. The maximum Gasteiger partial charge on any atom is 0.220 e. The van der Waals surface area contributed by atoms with Crippen LogP contribution in [0.1, 0.15) is 12.4 Å². The van der Waals surface area contributed by atoms with Gasteiger partial charge in [-0.3, -0.25) is 0 Å². The van der Waals surface area contributed by atoms with E-state index in [4.69, 9.17) is 4.11 Å². The molecule has 0 saturated carbocycles. The lowest BCUT2D eigenvalue weighted by atomic mass is 9.88. The van der Waals surface area contributed by atoms with Gasteiger partial charge in [-0.25, -0.2) is 4.85 Å². The molecule has 80 heavy (non-hydrogen) atoms. The lowest BCUT2D eigenvalue weighted by Crippen LogP contribution is -2.09. The number of thiophene rings is 2. The third-order valence-corrected chi connectivity index (χ3v) is 18.2. The van der Waals surface area contributed by atoms with E-state index in [0.717, 1.165) is 106 Å². The fourth-order valence-corrected chi connectivity index (χ4v) is 15.0. The number of nitrogens with zero attached hydrogens (tertiary/aromatic N) is 4. The highest BCUT2D eigenvalue weighted by Gasteiger charge is 2.34. The SMILES string of the molecule is [2H]c1c([2H])c([2H])c(-c2ccc3c4ccccc4n(-c4c([N+]#[C-])c(-c5ccccc5)c(C#N)c(-n5c6c7sc8ccccc8c7cc(-c7ccccc7)c6c6c(-c7ccccc7)cc7c8ccccc8sc7c65)c4-c4ccccc4)c3c2)c([2H])c1[2H]. The van der Waals surface area contributed by atoms with Crippen LogP contribution >= 0.6 is 22.7 Å². The summed E-state index contributed by atoms with van der Waals surface area (Å²) in [6, 6.07) is 77.7. The summed E-state index contributed by atoms with van der Waals surface area (Å²) in [5, 5.41) is 20.8. The second-order valence-electron chi connectivity index (χ2n) is 20.0. The van der Waals surface area contributed by atoms with Crippen molar-refractivity contribution < 1.29 is 6.85 Å². The van der Waals surface area contributed by atoms with Gasteiger partial charge in [-0.05, 0) is 80.9 Å². The Balaban J connectivity index is 1.23. The highest BCUT2D eigenvalue weighted by atomic mass is 32.1. The van der Waals surface area contributed by atoms with Gasteiger partial charge in [0.2, 0.25) is 5.69 Å². The van der Waals surface area contributed by atoms with E-state index in [9.17, 15) is 14.6 Å². The third-order valence-electron chi connectivity index (χ3n) is 15.8. The van der Waals surface area contributed by atoms with E-state index in [2.05, 4.69) is 160 Å². The molecule has 0 radical (unpaired) electrons. The molecule has 0 saturated heterocycles. The van der Waals surface area contributed by atoms with E-state index in [1.165, 1.54) is 0 Å². The Bertz CT molecular complexity index is 5420. The molecule has 0 aliphatic rings. The normalized spacial score (nSPS) is 12.6. The standard InChI is InChI=1S/C74H42N4S2/c1-76-68-64(48-29-13-5-14-30-48)59(44-75)69(65(49-31-15-6-16-32-49)70(68)77-60-36-20-17-33-51(60)52-40-39-50(41-61(52)77)45-23-7-2-8-24-45)78-71-66(55(46-25-9-3-10-26-46)42-57-53-34-18-21-37-62(53)79-73(57)71)67-56(47-27-11-4-12-28-47)43-58-54-35-19-22-38-63(54)80-74(58)72(67)78/h2-43H/i2D,7D,8D,23D,24D. The van der Waals surface area contributed by atoms with Gasteiger partial charge in [-0.2, -0.15) is 5.26 Å². The highest BCUT2D eigenvalue weighted by molar-refractivity contribution is 7.27. The van der Waals surface area contributed by atoms with Crippen LogP contribution in [-0.2, 0) is 0 Å². The number of benzene rings is 12. The quantitative estimate of drug-likeness (QED) is 0.147. The van der Waals surface area contributed by atoms with Crippen molar-refractivity contribution in [1.29, 1.82) is 5.26 Å². The molecule has 16 rings (SSSR count). The Morgan fingerprint density at radius 1 is 0.412 bits per heavy atom. The van der Waals surface area contributed by atoms with Crippen molar-refractivity contribution in [3.63, 3.8) is 0 Å². The largest absolute Gasteiger partial charge is 0.318 e. The van der Waals surface area contributed by atoms with Crippen LogP contribution in [0.25, 0.3) is 156 Å². The van der Waals surface area contributed by atoms with Crippen LogP contribution in [0.3, 0.4) is 0 Å². The lowest BCUT2D eigenvalue weighted by molar-refractivity contribution is 1.14. The van der Waals surface area contributed by atoms with Gasteiger partial charge in [-0.1, -0.05) is 218 Å². The first kappa shape index (κ1) is 40.9. The molecular formula is C74H42N4S2. The van der Waals surface area contributed by atoms with Gasteiger partial charge in [0.15, 0.2) is 0 Å². The topological polar surface area (TPSA) is 38.0 Å². The summed E-state index contributed by atoms with van der Waals surface area (Å²) < 4.78 is 53.3. The van der Waals surface area contributed by atoms with Crippen molar-refractivity contribution in [2.75, 3.05) is 0 Å². The number of aromatic nitrogens is 2. The summed E-state index contributed by atoms with van der Waals surface area (Å²) in [5.41, 5.74) is 12.1. The lowest BCUT2D eigenvalue weighted by Gasteiger charge is -2.26. The van der Waals surface area contributed by atoms with E-state index in [1.54, 1.807) is 22.7 Å². The predicted molar refractivity (Wildman–Crippen MR) is 339 cm³/mol. The molecule has 0 aliphatic heterocycles. The zero-order valence-corrected chi connectivity index (χ0v) is 44.1. The van der Waals surface area contributed by atoms with Crippen LogP contribution < -0.4 is 0 Å². The number of hydrogen-bond donors (Lipinski definition) is 0. The van der Waals surface area contributed by atoms with Crippen LogP contribution in [0.4, 0.5) is 5.69 Å². The third kappa shape index (κ3) is 6.71. The zero-order chi connectivity index (χ0) is 57.4. The van der Waals surface area contributed by atoms with Crippen LogP contribution in [0.15, 0.2) is 255 Å². The van der Waals surface area contributed by atoms with Crippen molar-refractivity contribution >= 4 is 112 Å². The Morgan fingerprint density at radius 2 is 0.887 bits per heavy atom. The van der Waals surface area contributed by atoms with Gasteiger partial charge in [0, 0.05) is 63.6 Å². The van der Waals surface area contributed by atoms with Crippen molar-refractivity contribution in [1.82, 2.24) is 9.13 Å². The molecule has 0 atom stereocenters. The molecule has 4 heterocycles. The molecule has 0 aliphatic carbocycles. The number of hydrogen-bond acceptors (Lipinski definition) is 3. The summed E-state index contributed by atoms with van der Waals surface area (Å²) in [7, 11) is 0. The number of para-hydroxylation sites is 1. The van der Waals surface area contributed by atoms with Gasteiger partial charge in [0.05, 0.1) is 61.8 Å². The molecule has 0 bridgehead atoms. The first-order valence-corrected chi connectivity index (χ1v) is 28.0. The first-order valence-electron chi connectivity index (χ1n) is 28.8. The number of nitriles is 1. The minimum absolute atomic E-state index is 0.0670. The molecule has 16 aromatic rings. The molecule has 0 N–H and O–H groups in total. The Labute approximate surface area is 475 Å². The maximum atomic E-state index is 12.6. The average molecular weight is 1060 g/mol. The van der Waals surface area contributed by atoms with Crippen molar-refractivity contribution in [3.05, 3.63) is 272 Å². The van der Waals surface area contributed by atoms with E-state index >= 15 is 0 Å². The molecule has 0 amide bonds. The Morgan fingerprint density at radius 3 is 1.43 bits per heavy atom. The summed E-state index contributed by atoms with van der Waals surface area (Å²) in [5.74, 6) is 0. The van der Waals surface area contributed by atoms with Gasteiger partial charge in [-0.15, -0.1) is 22.7 Å². The summed E-state index contributed by atoms with van der Waals surface area (Å²) in [4.78, 5) is 4.61. The smallest absolute Gasteiger partial charge is 0.220 e. The van der Waals surface area contributed by atoms with E-state index in [-0.39, 0.29) is 23.3 Å². The van der Waals surface area contributed by atoms with E-state index < -0.39 is 18.1 Å². The van der Waals surface area contributed by atoms with Gasteiger partial charge < -0.3 is 9.13 Å². The fraction of sp³-hybridized carbons (Fsp3) is 0. The van der Waals surface area contributed by atoms with E-state index in [0.29, 0.717) is 44.7 Å². The van der Waals surface area contributed by atoms with Gasteiger partial charge in [0.25, 0.3) is 0 Å². The summed E-state index contributed by atoms with van der Waals surface area (Å²) in [6.45, 7) is 9.61. The second-order valence-corrected chi connectivity index (χ2v) is 22.1. The molecular weight excluding hydrogens is 1010 g/mol. The minimum atomic E-state index is -0.473. The monoisotopic (exact) mass is 1060 g/mol. The van der Waals surface area contributed by atoms with Crippen LogP contribution in [-0.4, -0.2) is 9.13 Å². The molecule has 370 valence electrons. The molecule has 6 heteroatoms. The van der Waals surface area contributed by atoms with Crippen LogP contribution in [0.5, 0.6) is 0 Å². The van der Waals surface area contributed by atoms with Gasteiger partial charge in [0.1, 0.15) is 6.07 Å². The predicted octanol–water partition coefficient (Wildman–Crippen LogP) is 21.4. The van der Waals surface area contributed by atoms with E-state index in [1.807, 2.05) is 84.9 Å². The van der Waals surface area contributed by atoms with Crippen LogP contribution in [0.2, 0.25) is 0 Å². The fourth-order valence-electron chi connectivity index (χ4n) is 12.5. The second kappa shape index (κ2) is 18.1. The molecule has 0 spiro atoms. The minimum Gasteiger partial charge on any atom is -0.318 e. The molecule has 0 fully saturated rings. The molecule has 12 aromatic carbocycles. The highest BCUT2D eigenvalue weighted by Crippen LogP contribution is 2.57.